The zero-order valence-corrected chi connectivity index (χ0v) is 15.5. The third kappa shape index (κ3) is 4.98. The van der Waals surface area contributed by atoms with Crippen molar-refractivity contribution >= 4 is 17.7 Å². The van der Waals surface area contributed by atoms with Crippen molar-refractivity contribution in [1.29, 1.82) is 0 Å². The van der Waals surface area contributed by atoms with Gasteiger partial charge in [-0.05, 0) is 50.9 Å². The Morgan fingerprint density at radius 2 is 1.74 bits per heavy atom. The lowest BCUT2D eigenvalue weighted by Crippen LogP contribution is -2.52. The molecule has 0 heterocycles. The lowest BCUT2D eigenvalue weighted by molar-refractivity contribution is 0.0869. The molecule has 1 amide bonds. The van der Waals surface area contributed by atoms with Gasteiger partial charge in [-0.2, -0.15) is 11.8 Å². The lowest BCUT2D eigenvalue weighted by Gasteiger charge is -2.39. The van der Waals surface area contributed by atoms with Crippen molar-refractivity contribution in [3.05, 3.63) is 35.4 Å². The lowest BCUT2D eigenvalue weighted by atomic mass is 9.88. The molecule has 0 bridgehead atoms. The van der Waals surface area contributed by atoms with Gasteiger partial charge in [0.1, 0.15) is 0 Å². The molecule has 128 valence electrons. The number of thioether (sulfide) groups is 1. The van der Waals surface area contributed by atoms with Gasteiger partial charge in [0, 0.05) is 23.4 Å². The highest BCUT2D eigenvalue weighted by Gasteiger charge is 2.33. The highest BCUT2D eigenvalue weighted by Crippen LogP contribution is 2.30. The number of rotatable bonds is 6. The number of carbonyl (C=O) groups is 1. The van der Waals surface area contributed by atoms with E-state index < -0.39 is 0 Å². The molecule has 0 saturated heterocycles. The van der Waals surface area contributed by atoms with Crippen molar-refractivity contribution in [3.8, 4) is 0 Å². The van der Waals surface area contributed by atoms with Crippen LogP contribution in [-0.2, 0) is 5.75 Å². The van der Waals surface area contributed by atoms with E-state index in [2.05, 4.69) is 42.7 Å². The molecule has 1 saturated carbocycles. The van der Waals surface area contributed by atoms with E-state index in [4.69, 9.17) is 0 Å². The third-order valence-corrected chi connectivity index (χ3v) is 5.71. The van der Waals surface area contributed by atoms with Gasteiger partial charge >= 0.3 is 0 Å². The highest BCUT2D eigenvalue weighted by molar-refractivity contribution is 7.97. The monoisotopic (exact) mass is 334 g/mol. The van der Waals surface area contributed by atoms with Crippen molar-refractivity contribution in [2.45, 2.75) is 49.8 Å². The summed E-state index contributed by atoms with van der Waals surface area (Å²) in [5, 5.41) is 3.18. The quantitative estimate of drug-likeness (QED) is 0.800. The molecule has 1 aromatic carbocycles. The van der Waals surface area contributed by atoms with Gasteiger partial charge in [0.05, 0.1) is 0 Å². The van der Waals surface area contributed by atoms with Gasteiger partial charge in [-0.3, -0.25) is 4.79 Å². The predicted molar refractivity (Wildman–Crippen MR) is 100 cm³/mol. The van der Waals surface area contributed by atoms with Crippen LogP contribution in [0.1, 0.15) is 54.4 Å². The molecule has 1 aliphatic carbocycles. The molecule has 0 aromatic heterocycles. The second-order valence-electron chi connectivity index (χ2n) is 6.85. The van der Waals surface area contributed by atoms with Crippen LogP contribution in [0, 0.1) is 0 Å². The van der Waals surface area contributed by atoms with Gasteiger partial charge in [0.25, 0.3) is 5.91 Å². The maximum Gasteiger partial charge on any atom is 0.251 e. The number of nitrogens with zero attached hydrogens (tertiary/aromatic N) is 1. The normalized spacial score (nSPS) is 17.7. The van der Waals surface area contributed by atoms with E-state index in [1.807, 2.05) is 12.1 Å². The molecule has 1 aliphatic rings. The Morgan fingerprint density at radius 3 is 2.26 bits per heavy atom. The molecule has 0 aliphatic heterocycles. The minimum atomic E-state index is 0.0474. The standard InChI is InChI=1S/C19H30N2OS/c1-21(2)19(12-6-4-5-7-13-19)15-20-18(22)17-10-8-16(9-11-17)14-23-3/h8-11H,4-7,12-15H2,1-3H3,(H,20,22). The van der Waals surface area contributed by atoms with Gasteiger partial charge in [-0.15, -0.1) is 0 Å². The molecule has 0 spiro atoms. The van der Waals surface area contributed by atoms with E-state index in [0.29, 0.717) is 0 Å². The van der Waals surface area contributed by atoms with Crippen molar-refractivity contribution in [1.82, 2.24) is 10.2 Å². The van der Waals surface area contributed by atoms with E-state index in [-0.39, 0.29) is 11.4 Å². The first-order valence-corrected chi connectivity index (χ1v) is 10.0. The summed E-state index contributed by atoms with van der Waals surface area (Å²) in [6.07, 6.45) is 9.60. The average molecular weight is 335 g/mol. The number of amides is 1. The van der Waals surface area contributed by atoms with Gasteiger partial charge in [-0.25, -0.2) is 0 Å². The number of nitrogens with one attached hydrogen (secondary N) is 1. The van der Waals surface area contributed by atoms with Gasteiger partial charge in [0.2, 0.25) is 0 Å². The maximum atomic E-state index is 12.5. The Morgan fingerprint density at radius 1 is 1.13 bits per heavy atom. The molecule has 2 rings (SSSR count). The minimum Gasteiger partial charge on any atom is -0.350 e. The second kappa shape index (κ2) is 8.74. The molecular formula is C19H30N2OS. The summed E-state index contributed by atoms with van der Waals surface area (Å²) in [5.74, 6) is 1.04. The van der Waals surface area contributed by atoms with Crippen molar-refractivity contribution in [2.24, 2.45) is 0 Å². The Balaban J connectivity index is 1.98. The van der Waals surface area contributed by atoms with Crippen LogP contribution in [-0.4, -0.2) is 43.2 Å². The van der Waals surface area contributed by atoms with Crippen LogP contribution in [0.5, 0.6) is 0 Å². The summed E-state index contributed by atoms with van der Waals surface area (Å²) in [6, 6.07) is 7.99. The Labute approximate surface area is 145 Å². The average Bonchev–Trinajstić information content (AvgIpc) is 2.80. The molecule has 1 N–H and O–H groups in total. The van der Waals surface area contributed by atoms with Crippen molar-refractivity contribution in [3.63, 3.8) is 0 Å². The number of likely N-dealkylation sites (N-methyl/N-ethyl adjacent to an activating group) is 1. The topological polar surface area (TPSA) is 32.3 Å². The van der Waals surface area contributed by atoms with Crippen LogP contribution >= 0.6 is 11.8 Å². The fourth-order valence-electron chi connectivity index (χ4n) is 3.43. The minimum absolute atomic E-state index is 0.0474. The molecule has 0 unspecified atom stereocenters. The summed E-state index contributed by atoms with van der Waals surface area (Å²) in [6.45, 7) is 0.741. The van der Waals surface area contributed by atoms with Crippen LogP contribution < -0.4 is 5.32 Å². The van der Waals surface area contributed by atoms with Crippen LogP contribution in [0.4, 0.5) is 0 Å². The van der Waals surface area contributed by atoms with Crippen molar-refractivity contribution < 1.29 is 4.79 Å². The van der Waals surface area contributed by atoms with Gasteiger partial charge in [0.15, 0.2) is 0 Å². The summed E-state index contributed by atoms with van der Waals surface area (Å²) in [7, 11) is 4.30. The summed E-state index contributed by atoms with van der Waals surface area (Å²) in [5.41, 5.74) is 2.14. The van der Waals surface area contributed by atoms with Crippen molar-refractivity contribution in [2.75, 3.05) is 26.9 Å². The van der Waals surface area contributed by atoms with Crippen LogP contribution in [0.2, 0.25) is 0 Å². The number of benzene rings is 1. The Hall–Kier alpha value is -1.00. The van der Waals surface area contributed by atoms with Crippen LogP contribution in [0.25, 0.3) is 0 Å². The first kappa shape index (κ1) is 18.3. The van der Waals surface area contributed by atoms with Gasteiger partial charge < -0.3 is 10.2 Å². The van der Waals surface area contributed by atoms with Crippen LogP contribution in [0.3, 0.4) is 0 Å². The largest absolute Gasteiger partial charge is 0.350 e. The number of carbonyl (C=O) groups excluding carboxylic acids is 1. The first-order valence-electron chi connectivity index (χ1n) is 8.61. The predicted octanol–water partition coefficient (Wildman–Crippen LogP) is 3.93. The second-order valence-corrected chi connectivity index (χ2v) is 7.71. The Kier molecular flexibility index (Phi) is 6.97. The smallest absolute Gasteiger partial charge is 0.251 e. The number of hydrogen-bond acceptors (Lipinski definition) is 3. The third-order valence-electron chi connectivity index (χ3n) is 5.09. The van der Waals surface area contributed by atoms with Crippen LogP contribution in [0.15, 0.2) is 24.3 Å². The van der Waals surface area contributed by atoms with Gasteiger partial charge in [-0.1, -0.05) is 37.8 Å². The molecule has 0 atom stereocenters. The molecule has 23 heavy (non-hydrogen) atoms. The zero-order chi connectivity index (χ0) is 16.7. The first-order chi connectivity index (χ1) is 11.1. The molecule has 0 radical (unpaired) electrons. The summed E-state index contributed by atoms with van der Waals surface area (Å²) >= 11 is 1.80. The molecule has 1 aromatic rings. The van der Waals surface area contributed by atoms with E-state index in [1.165, 1.54) is 44.1 Å². The summed E-state index contributed by atoms with van der Waals surface area (Å²) in [4.78, 5) is 14.8. The van der Waals surface area contributed by atoms with E-state index in [9.17, 15) is 4.79 Å². The maximum absolute atomic E-state index is 12.5. The van der Waals surface area contributed by atoms with E-state index >= 15 is 0 Å². The summed E-state index contributed by atoms with van der Waals surface area (Å²) < 4.78 is 0. The fourth-order valence-corrected chi connectivity index (χ4v) is 3.96. The molecule has 1 fully saturated rings. The van der Waals surface area contributed by atoms with E-state index in [1.54, 1.807) is 11.8 Å². The Bertz CT molecular complexity index is 491. The van der Waals surface area contributed by atoms with E-state index in [0.717, 1.165) is 17.9 Å². The SMILES string of the molecule is CSCc1ccc(C(=O)NCC2(N(C)C)CCCCCC2)cc1. The zero-order valence-electron chi connectivity index (χ0n) is 14.7. The molecule has 3 nitrogen and oxygen atoms in total. The molecular weight excluding hydrogens is 304 g/mol. The number of hydrogen-bond donors (Lipinski definition) is 1. The molecule has 4 heteroatoms. The highest BCUT2D eigenvalue weighted by atomic mass is 32.2. The fraction of sp³-hybridized carbons (Fsp3) is 0.632.